The number of rotatable bonds is 11. The number of carbonyl (C=O) groups is 3. The highest BCUT2D eigenvalue weighted by Gasteiger charge is 2.21. The normalized spacial score (nSPS) is 12.5. The van der Waals surface area contributed by atoms with Crippen molar-refractivity contribution in [1.29, 1.82) is 0 Å². The van der Waals surface area contributed by atoms with E-state index in [-0.39, 0.29) is 35.7 Å². The summed E-state index contributed by atoms with van der Waals surface area (Å²) in [5.74, 6) is -0.430. The molecule has 0 saturated carbocycles. The van der Waals surface area contributed by atoms with Crippen molar-refractivity contribution < 1.29 is 19.1 Å². The fraction of sp³-hybridized carbons (Fsp3) is 0.516. The van der Waals surface area contributed by atoms with Gasteiger partial charge in [0.1, 0.15) is 0 Å². The standard InChI is InChI=1S/C31H44N2O4/c1-22(18-19-30(2,3)4)28(35)37-20-8-9-27(34)32-25-14-10-23(11-15-25)21-24-12-16-26(17-13-24)33-29(36)31(5,6)7/h10-17,22H,8-9,18-21H2,1-7H3,(H,32,34)(H,33,36). The molecule has 2 N–H and O–H groups in total. The van der Waals surface area contributed by atoms with Crippen molar-refractivity contribution in [2.45, 2.75) is 80.6 Å². The molecule has 6 nitrogen and oxygen atoms in total. The molecule has 0 heterocycles. The second-order valence-corrected chi connectivity index (χ2v) is 12.1. The van der Waals surface area contributed by atoms with Crippen LogP contribution in [0.3, 0.4) is 0 Å². The number of carbonyl (C=O) groups excluding carboxylic acids is 3. The van der Waals surface area contributed by atoms with Gasteiger partial charge in [-0.3, -0.25) is 14.4 Å². The summed E-state index contributed by atoms with van der Waals surface area (Å²) in [4.78, 5) is 36.5. The lowest BCUT2D eigenvalue weighted by molar-refractivity contribution is -0.148. The van der Waals surface area contributed by atoms with Gasteiger partial charge in [0.05, 0.1) is 12.5 Å². The van der Waals surface area contributed by atoms with Crippen molar-refractivity contribution in [2.24, 2.45) is 16.7 Å². The lowest BCUT2D eigenvalue weighted by atomic mass is 9.87. The van der Waals surface area contributed by atoms with Crippen LogP contribution in [0.4, 0.5) is 11.4 Å². The smallest absolute Gasteiger partial charge is 0.308 e. The van der Waals surface area contributed by atoms with E-state index < -0.39 is 5.41 Å². The van der Waals surface area contributed by atoms with Crippen LogP contribution in [0.15, 0.2) is 48.5 Å². The summed E-state index contributed by atoms with van der Waals surface area (Å²) < 4.78 is 5.34. The predicted octanol–water partition coefficient (Wildman–Crippen LogP) is 6.99. The molecule has 202 valence electrons. The van der Waals surface area contributed by atoms with Gasteiger partial charge in [0.25, 0.3) is 0 Å². The third kappa shape index (κ3) is 11.6. The number of ether oxygens (including phenoxy) is 1. The number of hydrogen-bond acceptors (Lipinski definition) is 4. The lowest BCUT2D eigenvalue weighted by Gasteiger charge is -2.20. The average molecular weight is 509 g/mol. The molecule has 2 aromatic rings. The van der Waals surface area contributed by atoms with Gasteiger partial charge in [0.15, 0.2) is 0 Å². The Morgan fingerprint density at radius 2 is 1.32 bits per heavy atom. The van der Waals surface area contributed by atoms with E-state index in [4.69, 9.17) is 4.74 Å². The largest absolute Gasteiger partial charge is 0.465 e. The summed E-state index contributed by atoms with van der Waals surface area (Å²) in [6.45, 7) is 14.3. The third-order valence-corrected chi connectivity index (χ3v) is 6.06. The van der Waals surface area contributed by atoms with E-state index in [1.165, 1.54) is 0 Å². The van der Waals surface area contributed by atoms with Gasteiger partial charge in [0.2, 0.25) is 11.8 Å². The van der Waals surface area contributed by atoms with Crippen molar-refractivity contribution in [3.05, 3.63) is 59.7 Å². The van der Waals surface area contributed by atoms with Crippen LogP contribution in [0, 0.1) is 16.7 Å². The summed E-state index contributed by atoms with van der Waals surface area (Å²) in [5.41, 5.74) is 3.54. The van der Waals surface area contributed by atoms with Crippen LogP contribution < -0.4 is 10.6 Å². The molecule has 0 saturated heterocycles. The van der Waals surface area contributed by atoms with Gasteiger partial charge >= 0.3 is 5.97 Å². The molecule has 0 aliphatic carbocycles. The maximum absolute atomic E-state index is 12.3. The maximum atomic E-state index is 12.3. The van der Waals surface area contributed by atoms with Crippen molar-refractivity contribution in [2.75, 3.05) is 17.2 Å². The molecule has 0 radical (unpaired) electrons. The average Bonchev–Trinajstić information content (AvgIpc) is 2.81. The molecule has 37 heavy (non-hydrogen) atoms. The van der Waals surface area contributed by atoms with E-state index >= 15 is 0 Å². The first kappa shape index (κ1) is 30.1. The highest BCUT2D eigenvalue weighted by Crippen LogP contribution is 2.24. The summed E-state index contributed by atoms with van der Waals surface area (Å²) in [6.07, 6.45) is 3.31. The highest BCUT2D eigenvalue weighted by atomic mass is 16.5. The molecular formula is C31H44N2O4. The molecular weight excluding hydrogens is 464 g/mol. The fourth-order valence-corrected chi connectivity index (χ4v) is 3.50. The molecule has 2 aromatic carbocycles. The van der Waals surface area contributed by atoms with Crippen LogP contribution in [-0.4, -0.2) is 24.4 Å². The first-order valence-electron chi connectivity index (χ1n) is 13.2. The van der Waals surface area contributed by atoms with Crippen LogP contribution in [0.25, 0.3) is 0 Å². The van der Waals surface area contributed by atoms with E-state index in [1.807, 2.05) is 76.2 Å². The molecule has 6 heteroatoms. The Hall–Kier alpha value is -3.15. The van der Waals surface area contributed by atoms with Gasteiger partial charge in [-0.2, -0.15) is 0 Å². The lowest BCUT2D eigenvalue weighted by Crippen LogP contribution is -2.27. The fourth-order valence-electron chi connectivity index (χ4n) is 3.50. The van der Waals surface area contributed by atoms with Crippen LogP contribution in [0.5, 0.6) is 0 Å². The minimum atomic E-state index is -0.437. The number of nitrogens with one attached hydrogen (secondary N) is 2. The Morgan fingerprint density at radius 3 is 1.81 bits per heavy atom. The number of amides is 2. The van der Waals surface area contributed by atoms with Crippen molar-refractivity contribution >= 4 is 29.2 Å². The van der Waals surface area contributed by atoms with E-state index in [2.05, 4.69) is 31.4 Å². The van der Waals surface area contributed by atoms with Gasteiger partial charge in [-0.15, -0.1) is 0 Å². The Kier molecular flexibility index (Phi) is 10.9. The molecule has 1 atom stereocenters. The monoisotopic (exact) mass is 508 g/mol. The van der Waals surface area contributed by atoms with Gasteiger partial charge in [-0.05, 0) is 66.5 Å². The molecule has 1 unspecified atom stereocenters. The van der Waals surface area contributed by atoms with Gasteiger partial charge < -0.3 is 15.4 Å². The maximum Gasteiger partial charge on any atom is 0.308 e. The Labute approximate surface area is 222 Å². The van der Waals surface area contributed by atoms with E-state index in [0.717, 1.165) is 41.8 Å². The van der Waals surface area contributed by atoms with Crippen molar-refractivity contribution in [3.63, 3.8) is 0 Å². The summed E-state index contributed by atoms with van der Waals surface area (Å²) in [5, 5.41) is 5.83. The number of benzene rings is 2. The third-order valence-electron chi connectivity index (χ3n) is 6.06. The molecule has 0 bridgehead atoms. The molecule has 0 aliphatic rings. The van der Waals surface area contributed by atoms with Crippen molar-refractivity contribution in [1.82, 2.24) is 0 Å². The zero-order valence-corrected chi connectivity index (χ0v) is 23.6. The Bertz CT molecular complexity index is 1030. The van der Waals surface area contributed by atoms with Gasteiger partial charge in [0, 0.05) is 23.2 Å². The summed E-state index contributed by atoms with van der Waals surface area (Å²) in [6, 6.07) is 15.6. The minimum absolute atomic E-state index is 0.0138. The topological polar surface area (TPSA) is 84.5 Å². The van der Waals surface area contributed by atoms with Crippen molar-refractivity contribution in [3.8, 4) is 0 Å². The zero-order valence-electron chi connectivity index (χ0n) is 23.6. The number of esters is 1. The molecule has 0 aliphatic heterocycles. The van der Waals surface area contributed by atoms with Gasteiger partial charge in [-0.25, -0.2) is 0 Å². The molecule has 2 amide bonds. The summed E-state index contributed by atoms with van der Waals surface area (Å²) in [7, 11) is 0. The molecule has 2 rings (SSSR count). The van der Waals surface area contributed by atoms with Crippen LogP contribution in [0.1, 0.15) is 85.3 Å². The second kappa shape index (κ2) is 13.4. The van der Waals surface area contributed by atoms with E-state index in [0.29, 0.717) is 12.8 Å². The molecule has 0 aromatic heterocycles. The van der Waals surface area contributed by atoms with E-state index in [1.54, 1.807) is 0 Å². The quantitative estimate of drug-likeness (QED) is 0.253. The van der Waals surface area contributed by atoms with Gasteiger partial charge in [-0.1, -0.05) is 72.7 Å². The predicted molar refractivity (Wildman–Crippen MR) is 150 cm³/mol. The first-order chi connectivity index (χ1) is 17.2. The molecule has 0 fully saturated rings. The van der Waals surface area contributed by atoms with Crippen LogP contribution in [-0.2, 0) is 25.5 Å². The minimum Gasteiger partial charge on any atom is -0.465 e. The summed E-state index contributed by atoms with van der Waals surface area (Å²) >= 11 is 0. The number of anilines is 2. The zero-order chi connectivity index (χ0) is 27.6. The molecule has 0 spiro atoms. The number of hydrogen-bond donors (Lipinski definition) is 2. The Morgan fingerprint density at radius 1 is 0.811 bits per heavy atom. The van der Waals surface area contributed by atoms with E-state index in [9.17, 15) is 14.4 Å². The van der Waals surface area contributed by atoms with Crippen LogP contribution >= 0.6 is 0 Å². The highest BCUT2D eigenvalue weighted by molar-refractivity contribution is 5.94. The Balaban J connectivity index is 1.72. The van der Waals surface area contributed by atoms with Crippen LogP contribution in [0.2, 0.25) is 0 Å². The first-order valence-corrected chi connectivity index (χ1v) is 13.2. The second-order valence-electron chi connectivity index (χ2n) is 12.1. The SMILES string of the molecule is CC(CCC(C)(C)C)C(=O)OCCCC(=O)Nc1ccc(Cc2ccc(NC(=O)C(C)(C)C)cc2)cc1.